The van der Waals surface area contributed by atoms with Gasteiger partial charge in [-0.05, 0) is 49.6 Å². The number of nitrogens with zero attached hydrogens (tertiary/aromatic N) is 1. The molecule has 1 atom stereocenters. The van der Waals surface area contributed by atoms with Crippen molar-refractivity contribution in [2.75, 3.05) is 13.7 Å². The van der Waals surface area contributed by atoms with Gasteiger partial charge in [0.15, 0.2) is 11.5 Å². The van der Waals surface area contributed by atoms with Crippen molar-refractivity contribution in [2.24, 2.45) is 0 Å². The third kappa shape index (κ3) is 4.96. The zero-order chi connectivity index (χ0) is 22.7. The molecule has 3 aromatic rings. The first-order valence-corrected chi connectivity index (χ1v) is 11.9. The van der Waals surface area contributed by atoms with Gasteiger partial charge in [0.25, 0.3) is 6.41 Å². The predicted octanol–water partition coefficient (Wildman–Crippen LogP) is 4.44. The second-order valence-corrected chi connectivity index (χ2v) is 9.52. The first kappa shape index (κ1) is 22.3. The van der Waals surface area contributed by atoms with Crippen molar-refractivity contribution >= 4 is 10.1 Å². The van der Waals surface area contributed by atoms with Crippen LogP contribution in [-0.4, -0.2) is 33.4 Å². The zero-order valence-electron chi connectivity index (χ0n) is 18.4. The molecule has 0 spiro atoms. The first-order chi connectivity index (χ1) is 15.4. The van der Waals surface area contributed by atoms with Crippen LogP contribution in [0.15, 0.2) is 71.6 Å². The molecular formula is C25H27NO5S. The molecule has 0 bridgehead atoms. The van der Waals surface area contributed by atoms with Crippen LogP contribution in [0.4, 0.5) is 0 Å². The van der Waals surface area contributed by atoms with Crippen molar-refractivity contribution in [2.45, 2.75) is 38.1 Å². The maximum Gasteiger partial charge on any atom is 0.301 e. The van der Waals surface area contributed by atoms with Crippen LogP contribution in [0.25, 0.3) is 0 Å². The Kier molecular flexibility index (Phi) is 6.50. The summed E-state index contributed by atoms with van der Waals surface area (Å²) in [6, 6.07) is 20.5. The van der Waals surface area contributed by atoms with Crippen molar-refractivity contribution in [3.63, 3.8) is 0 Å². The molecule has 0 amide bonds. The summed E-state index contributed by atoms with van der Waals surface area (Å²) in [5, 5.41) is 0. The molecule has 168 valence electrons. The monoisotopic (exact) mass is 453 g/mol. The summed E-state index contributed by atoms with van der Waals surface area (Å²) < 4.78 is 43.2. The van der Waals surface area contributed by atoms with E-state index in [4.69, 9.17) is 13.7 Å². The van der Waals surface area contributed by atoms with Crippen LogP contribution in [0.3, 0.4) is 0 Å². The molecule has 1 aliphatic rings. The predicted molar refractivity (Wildman–Crippen MR) is 122 cm³/mol. The van der Waals surface area contributed by atoms with E-state index in [1.165, 1.54) is 0 Å². The molecule has 32 heavy (non-hydrogen) atoms. The number of aryl methyl sites for hydroxylation is 2. The first-order valence-electron chi connectivity index (χ1n) is 10.5. The Bertz CT molecular complexity index is 1180. The molecule has 4 rings (SSSR count). The molecule has 3 aromatic carbocycles. The highest BCUT2D eigenvalue weighted by molar-refractivity contribution is 7.86. The van der Waals surface area contributed by atoms with Gasteiger partial charge in [-0.15, -0.1) is 0 Å². The fourth-order valence-corrected chi connectivity index (χ4v) is 4.69. The SMILES string of the molecule is COc1cc(C)cc2c1OC(OS(=O)(=O)c1ccc(C)cc1)N(CCc1ccccc1)C2. The van der Waals surface area contributed by atoms with E-state index in [9.17, 15) is 8.42 Å². The lowest BCUT2D eigenvalue weighted by Crippen LogP contribution is -2.46. The number of rotatable bonds is 7. The topological polar surface area (TPSA) is 65.1 Å². The minimum atomic E-state index is -4.03. The molecule has 7 heteroatoms. The Morgan fingerprint density at radius 1 is 1.00 bits per heavy atom. The minimum absolute atomic E-state index is 0.0939. The fraction of sp³-hybridized carbons (Fsp3) is 0.280. The van der Waals surface area contributed by atoms with Crippen molar-refractivity contribution in [1.82, 2.24) is 4.90 Å². The van der Waals surface area contributed by atoms with E-state index in [1.54, 1.807) is 31.4 Å². The number of hydrogen-bond donors (Lipinski definition) is 0. The molecule has 0 N–H and O–H groups in total. The van der Waals surface area contributed by atoms with Gasteiger partial charge in [-0.3, -0.25) is 0 Å². The fourth-order valence-electron chi connectivity index (χ4n) is 3.74. The molecule has 0 aromatic heterocycles. The Balaban J connectivity index is 1.63. The van der Waals surface area contributed by atoms with Gasteiger partial charge in [0.1, 0.15) is 0 Å². The van der Waals surface area contributed by atoms with Gasteiger partial charge in [-0.25, -0.2) is 9.08 Å². The van der Waals surface area contributed by atoms with E-state index in [-0.39, 0.29) is 4.90 Å². The molecule has 0 aliphatic carbocycles. The van der Waals surface area contributed by atoms with Gasteiger partial charge in [0.2, 0.25) is 0 Å². The summed E-state index contributed by atoms with van der Waals surface area (Å²) >= 11 is 0. The molecule has 1 aliphatic heterocycles. The summed E-state index contributed by atoms with van der Waals surface area (Å²) in [6.45, 7) is 4.93. The molecule has 1 heterocycles. The number of ether oxygens (including phenoxy) is 2. The van der Waals surface area contributed by atoms with E-state index in [0.29, 0.717) is 24.6 Å². The Morgan fingerprint density at radius 3 is 2.41 bits per heavy atom. The summed E-state index contributed by atoms with van der Waals surface area (Å²) in [5.74, 6) is 1.07. The Labute approximate surface area is 189 Å². The highest BCUT2D eigenvalue weighted by atomic mass is 32.2. The lowest BCUT2D eigenvalue weighted by atomic mass is 10.1. The number of methoxy groups -OCH3 is 1. The molecule has 0 saturated carbocycles. The highest BCUT2D eigenvalue weighted by Crippen LogP contribution is 2.38. The second-order valence-electron chi connectivity index (χ2n) is 7.95. The maximum atomic E-state index is 13.0. The quantitative estimate of drug-likeness (QED) is 0.493. The van der Waals surface area contributed by atoms with Crippen LogP contribution in [0.2, 0.25) is 0 Å². The average molecular weight is 454 g/mol. The Hall–Kier alpha value is -2.87. The zero-order valence-corrected chi connectivity index (χ0v) is 19.3. The number of fused-ring (bicyclic) bond motifs is 1. The van der Waals surface area contributed by atoms with Crippen molar-refractivity contribution in [1.29, 1.82) is 0 Å². The van der Waals surface area contributed by atoms with Crippen molar-refractivity contribution in [3.05, 3.63) is 89.0 Å². The van der Waals surface area contributed by atoms with E-state index in [0.717, 1.165) is 28.7 Å². The van der Waals surface area contributed by atoms with Gasteiger partial charge in [-0.1, -0.05) is 54.1 Å². The summed E-state index contributed by atoms with van der Waals surface area (Å²) in [4.78, 5) is 1.98. The molecule has 6 nitrogen and oxygen atoms in total. The van der Waals surface area contributed by atoms with Crippen LogP contribution in [0, 0.1) is 13.8 Å². The molecule has 1 unspecified atom stereocenters. The lowest BCUT2D eigenvalue weighted by molar-refractivity contribution is -0.130. The summed E-state index contributed by atoms with van der Waals surface area (Å²) in [5.41, 5.74) is 4.10. The van der Waals surface area contributed by atoms with Crippen molar-refractivity contribution < 1.29 is 22.1 Å². The maximum absolute atomic E-state index is 13.0. The highest BCUT2D eigenvalue weighted by Gasteiger charge is 2.34. The third-order valence-electron chi connectivity index (χ3n) is 5.44. The van der Waals surface area contributed by atoms with Crippen LogP contribution in [0.5, 0.6) is 11.5 Å². The van der Waals surface area contributed by atoms with E-state index in [2.05, 4.69) is 0 Å². The van der Waals surface area contributed by atoms with Gasteiger partial charge in [-0.2, -0.15) is 8.42 Å². The van der Waals surface area contributed by atoms with E-state index in [1.807, 2.05) is 61.2 Å². The average Bonchev–Trinajstić information content (AvgIpc) is 2.78. The van der Waals surface area contributed by atoms with Gasteiger partial charge >= 0.3 is 10.1 Å². The van der Waals surface area contributed by atoms with Crippen LogP contribution < -0.4 is 9.47 Å². The van der Waals surface area contributed by atoms with Gasteiger partial charge in [0.05, 0.1) is 12.0 Å². The molecular weight excluding hydrogens is 426 g/mol. The number of hydrogen-bond acceptors (Lipinski definition) is 6. The largest absolute Gasteiger partial charge is 0.493 e. The smallest absolute Gasteiger partial charge is 0.301 e. The van der Waals surface area contributed by atoms with Crippen LogP contribution in [0.1, 0.15) is 22.3 Å². The van der Waals surface area contributed by atoms with Crippen molar-refractivity contribution in [3.8, 4) is 11.5 Å². The number of benzene rings is 3. The summed E-state index contributed by atoms with van der Waals surface area (Å²) in [7, 11) is -2.46. The van der Waals surface area contributed by atoms with E-state index < -0.39 is 16.5 Å². The van der Waals surface area contributed by atoms with E-state index >= 15 is 0 Å². The molecule has 0 saturated heterocycles. The van der Waals surface area contributed by atoms with Crippen LogP contribution >= 0.6 is 0 Å². The minimum Gasteiger partial charge on any atom is -0.493 e. The summed E-state index contributed by atoms with van der Waals surface area (Å²) in [6.07, 6.45) is -0.374. The van der Waals surface area contributed by atoms with Gasteiger partial charge in [0, 0.05) is 18.7 Å². The van der Waals surface area contributed by atoms with Crippen LogP contribution in [-0.2, 0) is 27.3 Å². The standard InChI is InChI=1S/C25H27NO5S/c1-18-9-11-22(12-10-18)32(27,28)31-25-26(14-13-20-7-5-4-6-8-20)17-21-15-19(2)16-23(29-3)24(21)30-25/h4-12,15-16,25H,13-14,17H2,1-3H3. The van der Waals surface area contributed by atoms with Gasteiger partial charge < -0.3 is 9.47 Å². The molecule has 0 radical (unpaired) electrons. The second kappa shape index (κ2) is 9.32. The normalized spacial score (nSPS) is 16.3. The Morgan fingerprint density at radius 2 is 1.72 bits per heavy atom. The lowest BCUT2D eigenvalue weighted by Gasteiger charge is -2.36. The third-order valence-corrected chi connectivity index (χ3v) is 6.70. The molecule has 0 fully saturated rings.